The van der Waals surface area contributed by atoms with Gasteiger partial charge in [0.25, 0.3) is 5.88 Å². The molecule has 1 aliphatic heterocycles. The summed E-state index contributed by atoms with van der Waals surface area (Å²) in [5.74, 6) is -0.947. The highest BCUT2D eigenvalue weighted by molar-refractivity contribution is 6.30. The van der Waals surface area contributed by atoms with E-state index >= 15 is 0 Å². The third-order valence-electron chi connectivity index (χ3n) is 5.47. The van der Waals surface area contributed by atoms with Crippen LogP contribution in [0, 0.1) is 11.7 Å². The number of aromatic nitrogens is 4. The van der Waals surface area contributed by atoms with Crippen LogP contribution >= 0.6 is 11.6 Å². The maximum absolute atomic E-state index is 14.0. The second-order valence-corrected chi connectivity index (χ2v) is 9.90. The number of nitrogens with one attached hydrogen (secondary N) is 1. The quantitative estimate of drug-likeness (QED) is 0.454. The van der Waals surface area contributed by atoms with Gasteiger partial charge in [-0.2, -0.15) is 4.98 Å². The Morgan fingerprint density at radius 3 is 2.53 bits per heavy atom. The highest BCUT2D eigenvalue weighted by atomic mass is 35.5. The van der Waals surface area contributed by atoms with E-state index < -0.39 is 35.4 Å². The van der Waals surface area contributed by atoms with Gasteiger partial charge in [-0.05, 0) is 51.1 Å². The lowest BCUT2D eigenvalue weighted by molar-refractivity contribution is -0.145. The average Bonchev–Trinajstić information content (AvgIpc) is 3.28. The standard InChI is InChI=1S/C25H26ClFN6O5/c1-25(2,3)38-24(35)31-19-12-33(11-17(19)22(34)36-4)23-30-13-29-20(32-23)14-5-7-16(8-6-14)37-21-18(27)9-15(26)10-28-21/h5-10,13,17,19H,11-12H2,1-4H3,(H,31,35). The maximum Gasteiger partial charge on any atom is 0.407 e. The fourth-order valence-corrected chi connectivity index (χ4v) is 3.95. The number of esters is 1. The maximum atomic E-state index is 14.0. The highest BCUT2D eigenvalue weighted by Gasteiger charge is 2.41. The zero-order chi connectivity index (χ0) is 27.4. The Kier molecular flexibility index (Phi) is 7.91. The van der Waals surface area contributed by atoms with E-state index in [9.17, 15) is 14.0 Å². The van der Waals surface area contributed by atoms with Crippen molar-refractivity contribution >= 4 is 29.6 Å². The zero-order valence-electron chi connectivity index (χ0n) is 21.1. The zero-order valence-corrected chi connectivity index (χ0v) is 21.9. The number of benzene rings is 1. The number of carbonyl (C=O) groups excluding carboxylic acids is 2. The first-order valence-corrected chi connectivity index (χ1v) is 12.0. The first-order chi connectivity index (χ1) is 18.0. The minimum absolute atomic E-state index is 0.165. The van der Waals surface area contributed by atoms with Crippen molar-refractivity contribution in [2.45, 2.75) is 32.4 Å². The summed E-state index contributed by atoms with van der Waals surface area (Å²) >= 11 is 5.72. The smallest absolute Gasteiger partial charge is 0.407 e. The lowest BCUT2D eigenvalue weighted by Crippen LogP contribution is -2.45. The summed E-state index contributed by atoms with van der Waals surface area (Å²) < 4.78 is 29.7. The van der Waals surface area contributed by atoms with Crippen LogP contribution in [0.1, 0.15) is 20.8 Å². The molecular formula is C25H26ClFN6O5. The first kappa shape index (κ1) is 27.0. The minimum Gasteiger partial charge on any atom is -0.469 e. The molecule has 3 aromatic rings. The van der Waals surface area contributed by atoms with Crippen molar-refractivity contribution in [2.75, 3.05) is 25.1 Å². The number of anilines is 1. The van der Waals surface area contributed by atoms with E-state index in [0.717, 1.165) is 6.07 Å². The highest BCUT2D eigenvalue weighted by Crippen LogP contribution is 2.28. The molecule has 2 unspecified atom stereocenters. The monoisotopic (exact) mass is 544 g/mol. The molecule has 2 aromatic heterocycles. The molecule has 13 heteroatoms. The van der Waals surface area contributed by atoms with Crippen molar-refractivity contribution in [1.82, 2.24) is 25.3 Å². The summed E-state index contributed by atoms with van der Waals surface area (Å²) in [6, 6.07) is 7.20. The molecule has 0 spiro atoms. The topological polar surface area (TPSA) is 129 Å². The van der Waals surface area contributed by atoms with Crippen molar-refractivity contribution in [2.24, 2.45) is 5.92 Å². The third-order valence-corrected chi connectivity index (χ3v) is 5.68. The molecule has 3 heterocycles. The van der Waals surface area contributed by atoms with Crippen LogP contribution in [0.5, 0.6) is 11.6 Å². The van der Waals surface area contributed by atoms with Crippen LogP contribution in [0.3, 0.4) is 0 Å². The number of nitrogens with zero attached hydrogens (tertiary/aromatic N) is 5. The number of pyridine rings is 1. The molecule has 1 aromatic carbocycles. The van der Waals surface area contributed by atoms with Gasteiger partial charge in [-0.1, -0.05) is 11.6 Å². The molecule has 11 nitrogen and oxygen atoms in total. The van der Waals surface area contributed by atoms with Gasteiger partial charge in [0.2, 0.25) is 5.95 Å². The molecule has 1 saturated heterocycles. The first-order valence-electron chi connectivity index (χ1n) is 11.6. The molecule has 1 N–H and O–H groups in total. The Hall–Kier alpha value is -4.06. The summed E-state index contributed by atoms with van der Waals surface area (Å²) in [6.07, 6.45) is 2.01. The largest absolute Gasteiger partial charge is 0.469 e. The number of ether oxygens (including phenoxy) is 3. The molecular weight excluding hydrogens is 519 g/mol. The third kappa shape index (κ3) is 6.62. The molecule has 38 heavy (non-hydrogen) atoms. The Bertz CT molecular complexity index is 1320. The predicted molar refractivity (Wildman–Crippen MR) is 135 cm³/mol. The summed E-state index contributed by atoms with van der Waals surface area (Å²) in [5.41, 5.74) is -0.0375. The van der Waals surface area contributed by atoms with E-state index in [1.165, 1.54) is 19.6 Å². The Balaban J connectivity index is 1.49. The van der Waals surface area contributed by atoms with Crippen LogP contribution < -0.4 is 15.0 Å². The second kappa shape index (κ2) is 11.1. The van der Waals surface area contributed by atoms with E-state index in [2.05, 4.69) is 25.3 Å². The van der Waals surface area contributed by atoms with Crippen molar-refractivity contribution in [3.63, 3.8) is 0 Å². The van der Waals surface area contributed by atoms with Crippen molar-refractivity contribution in [1.29, 1.82) is 0 Å². The van der Waals surface area contributed by atoms with Gasteiger partial charge in [0.05, 0.1) is 24.1 Å². The normalized spacial score (nSPS) is 17.2. The van der Waals surface area contributed by atoms with Gasteiger partial charge in [-0.15, -0.1) is 0 Å². The van der Waals surface area contributed by atoms with Gasteiger partial charge >= 0.3 is 12.1 Å². The molecule has 0 bridgehead atoms. The van der Waals surface area contributed by atoms with E-state index in [4.69, 9.17) is 25.8 Å². The fourth-order valence-electron chi connectivity index (χ4n) is 3.80. The molecule has 1 amide bonds. The lowest BCUT2D eigenvalue weighted by Gasteiger charge is -2.23. The Labute approximate surface area is 223 Å². The number of halogens is 2. The molecule has 0 radical (unpaired) electrons. The number of rotatable bonds is 6. The Morgan fingerprint density at radius 1 is 1.13 bits per heavy atom. The molecule has 4 rings (SSSR count). The van der Waals surface area contributed by atoms with Gasteiger partial charge in [0.15, 0.2) is 11.6 Å². The van der Waals surface area contributed by atoms with E-state index in [0.29, 0.717) is 23.1 Å². The van der Waals surface area contributed by atoms with Crippen molar-refractivity contribution in [3.8, 4) is 23.0 Å². The minimum atomic E-state index is -0.688. The molecule has 200 valence electrons. The second-order valence-electron chi connectivity index (χ2n) is 9.46. The number of amides is 1. The van der Waals surface area contributed by atoms with Crippen LogP contribution in [0.2, 0.25) is 5.02 Å². The molecule has 1 aliphatic rings. The molecule has 2 atom stereocenters. The van der Waals surface area contributed by atoms with Gasteiger partial charge in [0.1, 0.15) is 17.7 Å². The van der Waals surface area contributed by atoms with Crippen LogP contribution in [-0.4, -0.2) is 63.8 Å². The number of hydrogen-bond acceptors (Lipinski definition) is 10. The summed E-state index contributed by atoms with van der Waals surface area (Å²) in [4.78, 5) is 43.4. The van der Waals surface area contributed by atoms with E-state index in [1.807, 2.05) is 0 Å². The summed E-state index contributed by atoms with van der Waals surface area (Å²) in [6.45, 7) is 5.74. The number of hydrogen-bond donors (Lipinski definition) is 1. The van der Waals surface area contributed by atoms with Gasteiger partial charge in [-0.25, -0.2) is 24.1 Å². The SMILES string of the molecule is COC(=O)C1CN(c2ncnc(-c3ccc(Oc4ncc(Cl)cc4F)cc3)n2)CC1NC(=O)OC(C)(C)C. The van der Waals surface area contributed by atoms with Crippen LogP contribution in [0.4, 0.5) is 15.1 Å². The van der Waals surface area contributed by atoms with Crippen LogP contribution in [0.25, 0.3) is 11.4 Å². The van der Waals surface area contributed by atoms with Crippen LogP contribution in [0.15, 0.2) is 42.9 Å². The summed E-state index contributed by atoms with van der Waals surface area (Å²) in [5, 5.41) is 2.92. The number of methoxy groups -OCH3 is 1. The summed E-state index contributed by atoms with van der Waals surface area (Å²) in [7, 11) is 1.29. The molecule has 0 saturated carbocycles. The number of alkyl carbamates (subject to hydrolysis) is 1. The van der Waals surface area contributed by atoms with E-state index in [-0.39, 0.29) is 24.0 Å². The number of carbonyl (C=O) groups is 2. The molecule has 0 aliphatic carbocycles. The fraction of sp³-hybridized carbons (Fsp3) is 0.360. The average molecular weight is 545 g/mol. The van der Waals surface area contributed by atoms with Crippen molar-refractivity contribution in [3.05, 3.63) is 53.7 Å². The molecule has 1 fully saturated rings. The van der Waals surface area contributed by atoms with Gasteiger partial charge in [-0.3, -0.25) is 4.79 Å². The predicted octanol–water partition coefficient (Wildman–Crippen LogP) is 4.02. The van der Waals surface area contributed by atoms with E-state index in [1.54, 1.807) is 49.9 Å². The van der Waals surface area contributed by atoms with Gasteiger partial charge in [0, 0.05) is 24.8 Å². The van der Waals surface area contributed by atoms with Gasteiger partial charge < -0.3 is 24.4 Å². The van der Waals surface area contributed by atoms with Crippen molar-refractivity contribution < 1.29 is 28.2 Å². The Morgan fingerprint density at radius 2 is 1.87 bits per heavy atom. The van der Waals surface area contributed by atoms with Crippen LogP contribution in [-0.2, 0) is 14.3 Å². The lowest BCUT2D eigenvalue weighted by atomic mass is 10.0.